The molecule has 1 heterocycles. The van der Waals surface area contributed by atoms with Gasteiger partial charge in [-0.2, -0.15) is 0 Å². The van der Waals surface area contributed by atoms with Crippen LogP contribution < -0.4 is 4.90 Å². The van der Waals surface area contributed by atoms with Gasteiger partial charge in [0.05, 0.1) is 12.6 Å². The summed E-state index contributed by atoms with van der Waals surface area (Å²) >= 11 is 6.00. The number of halogens is 1. The van der Waals surface area contributed by atoms with E-state index < -0.39 is 0 Å². The molecule has 0 spiro atoms. The van der Waals surface area contributed by atoms with E-state index in [1.165, 1.54) is 0 Å². The fourth-order valence-electron chi connectivity index (χ4n) is 1.78. The van der Waals surface area contributed by atoms with Crippen LogP contribution >= 0.6 is 11.6 Å². The molecule has 0 saturated carbocycles. The molecule has 0 fully saturated rings. The maximum absolute atomic E-state index is 8.98. The van der Waals surface area contributed by atoms with Gasteiger partial charge >= 0.3 is 0 Å². The second kappa shape index (κ2) is 5.99. The molecule has 0 aliphatic rings. The average Bonchev–Trinajstić information content (AvgIpc) is 2.46. The Kier molecular flexibility index (Phi) is 4.35. The quantitative estimate of drug-likeness (QED) is 0.934. The molecule has 19 heavy (non-hydrogen) atoms. The van der Waals surface area contributed by atoms with Gasteiger partial charge in [0.2, 0.25) is 5.95 Å². The topological polar surface area (TPSA) is 49.2 Å². The Hall–Kier alpha value is -1.65. The zero-order valence-electron chi connectivity index (χ0n) is 10.9. The van der Waals surface area contributed by atoms with Crippen molar-refractivity contribution >= 4 is 17.5 Å². The van der Waals surface area contributed by atoms with Gasteiger partial charge in [-0.05, 0) is 24.6 Å². The van der Waals surface area contributed by atoms with Crippen LogP contribution in [0.5, 0.6) is 0 Å². The molecule has 0 aliphatic carbocycles. The van der Waals surface area contributed by atoms with Crippen molar-refractivity contribution in [2.24, 2.45) is 0 Å². The van der Waals surface area contributed by atoms with Gasteiger partial charge < -0.3 is 10.0 Å². The SMILES string of the molecule is CC(c1cccc(Cl)c1)N(C)c1ncc(CO)cn1. The molecule has 4 nitrogen and oxygen atoms in total. The molecule has 2 rings (SSSR count). The lowest BCUT2D eigenvalue weighted by molar-refractivity contribution is 0.281. The fraction of sp³-hybridized carbons (Fsp3) is 0.286. The highest BCUT2D eigenvalue weighted by molar-refractivity contribution is 6.30. The molecule has 5 heteroatoms. The van der Waals surface area contributed by atoms with Gasteiger partial charge in [-0.1, -0.05) is 23.7 Å². The van der Waals surface area contributed by atoms with E-state index >= 15 is 0 Å². The first kappa shape index (κ1) is 13.8. The lowest BCUT2D eigenvalue weighted by Crippen LogP contribution is -2.23. The summed E-state index contributed by atoms with van der Waals surface area (Å²) in [5.41, 5.74) is 1.80. The van der Waals surface area contributed by atoms with E-state index in [1.807, 2.05) is 36.2 Å². The number of hydrogen-bond acceptors (Lipinski definition) is 4. The summed E-state index contributed by atoms with van der Waals surface area (Å²) in [7, 11) is 1.93. The molecule has 1 aromatic heterocycles. The van der Waals surface area contributed by atoms with E-state index in [2.05, 4.69) is 16.9 Å². The van der Waals surface area contributed by atoms with Gasteiger partial charge in [0.15, 0.2) is 0 Å². The molecular formula is C14H16ClN3O. The predicted molar refractivity (Wildman–Crippen MR) is 76.2 cm³/mol. The van der Waals surface area contributed by atoms with E-state index in [0.29, 0.717) is 16.5 Å². The smallest absolute Gasteiger partial charge is 0.225 e. The monoisotopic (exact) mass is 277 g/mol. The molecular weight excluding hydrogens is 262 g/mol. The minimum Gasteiger partial charge on any atom is -0.392 e. The van der Waals surface area contributed by atoms with Gasteiger partial charge in [0, 0.05) is 30.0 Å². The minimum atomic E-state index is -0.0478. The molecule has 0 bridgehead atoms. The number of benzene rings is 1. The number of anilines is 1. The van der Waals surface area contributed by atoms with Crippen LogP contribution in [0.2, 0.25) is 5.02 Å². The Bertz CT molecular complexity index is 545. The first-order valence-electron chi connectivity index (χ1n) is 6.02. The van der Waals surface area contributed by atoms with Crippen LogP contribution in [0.25, 0.3) is 0 Å². The molecule has 100 valence electrons. The zero-order valence-corrected chi connectivity index (χ0v) is 11.7. The van der Waals surface area contributed by atoms with E-state index in [9.17, 15) is 0 Å². The number of aliphatic hydroxyl groups is 1. The van der Waals surface area contributed by atoms with Crippen LogP contribution in [-0.2, 0) is 6.61 Å². The third kappa shape index (κ3) is 3.22. The molecule has 1 N–H and O–H groups in total. The summed E-state index contributed by atoms with van der Waals surface area (Å²) in [4.78, 5) is 10.4. The number of aromatic nitrogens is 2. The standard InChI is InChI=1S/C14H16ClN3O/c1-10(12-4-3-5-13(15)6-12)18(2)14-16-7-11(9-19)8-17-14/h3-8,10,19H,9H2,1-2H3. The normalized spacial score (nSPS) is 12.2. The first-order chi connectivity index (χ1) is 9.11. The number of nitrogens with zero attached hydrogens (tertiary/aromatic N) is 3. The number of rotatable bonds is 4. The minimum absolute atomic E-state index is 0.0478. The molecule has 0 saturated heterocycles. The van der Waals surface area contributed by atoms with Crippen molar-refractivity contribution in [3.63, 3.8) is 0 Å². The largest absolute Gasteiger partial charge is 0.392 e. The summed E-state index contributed by atoms with van der Waals surface area (Å²) in [5.74, 6) is 0.615. The Labute approximate surface area is 117 Å². The van der Waals surface area contributed by atoms with Crippen molar-refractivity contribution in [1.82, 2.24) is 9.97 Å². The van der Waals surface area contributed by atoms with Gasteiger partial charge in [0.25, 0.3) is 0 Å². The lowest BCUT2D eigenvalue weighted by Gasteiger charge is -2.25. The van der Waals surface area contributed by atoms with Crippen LogP contribution in [0.1, 0.15) is 24.1 Å². The molecule has 1 unspecified atom stereocenters. The first-order valence-corrected chi connectivity index (χ1v) is 6.39. The second-order valence-electron chi connectivity index (χ2n) is 4.39. The highest BCUT2D eigenvalue weighted by atomic mass is 35.5. The van der Waals surface area contributed by atoms with E-state index in [-0.39, 0.29) is 12.6 Å². The van der Waals surface area contributed by atoms with E-state index in [1.54, 1.807) is 12.4 Å². The van der Waals surface area contributed by atoms with Gasteiger partial charge in [-0.15, -0.1) is 0 Å². The van der Waals surface area contributed by atoms with Gasteiger partial charge in [-0.3, -0.25) is 0 Å². The Balaban J connectivity index is 2.20. The maximum atomic E-state index is 8.98. The second-order valence-corrected chi connectivity index (χ2v) is 4.83. The average molecular weight is 278 g/mol. The fourth-order valence-corrected chi connectivity index (χ4v) is 1.97. The Morgan fingerprint density at radius 2 is 2.00 bits per heavy atom. The third-order valence-electron chi connectivity index (χ3n) is 3.10. The van der Waals surface area contributed by atoms with Crippen molar-refractivity contribution in [1.29, 1.82) is 0 Å². The summed E-state index contributed by atoms with van der Waals surface area (Å²) in [6.07, 6.45) is 3.26. The Morgan fingerprint density at radius 3 is 2.58 bits per heavy atom. The lowest BCUT2D eigenvalue weighted by atomic mass is 10.1. The van der Waals surface area contributed by atoms with Crippen molar-refractivity contribution in [3.05, 3.63) is 52.8 Å². The van der Waals surface area contributed by atoms with Crippen LogP contribution in [0, 0.1) is 0 Å². The van der Waals surface area contributed by atoms with Gasteiger partial charge in [-0.25, -0.2) is 9.97 Å². The highest BCUT2D eigenvalue weighted by Crippen LogP contribution is 2.24. The van der Waals surface area contributed by atoms with Crippen LogP contribution in [0.15, 0.2) is 36.7 Å². The molecule has 0 radical (unpaired) electrons. The van der Waals surface area contributed by atoms with Crippen LogP contribution in [0.3, 0.4) is 0 Å². The maximum Gasteiger partial charge on any atom is 0.225 e. The molecule has 2 aromatic rings. The summed E-state index contributed by atoms with van der Waals surface area (Å²) < 4.78 is 0. The summed E-state index contributed by atoms with van der Waals surface area (Å²) in [6, 6.07) is 7.85. The predicted octanol–water partition coefficient (Wildman–Crippen LogP) is 2.82. The number of hydrogen-bond donors (Lipinski definition) is 1. The molecule has 0 aliphatic heterocycles. The molecule has 1 aromatic carbocycles. The third-order valence-corrected chi connectivity index (χ3v) is 3.34. The summed E-state index contributed by atoms with van der Waals surface area (Å²) in [6.45, 7) is 2.02. The van der Waals surface area contributed by atoms with E-state index in [0.717, 1.165) is 5.56 Å². The van der Waals surface area contributed by atoms with Gasteiger partial charge in [0.1, 0.15) is 0 Å². The van der Waals surface area contributed by atoms with E-state index in [4.69, 9.17) is 16.7 Å². The van der Waals surface area contributed by atoms with Crippen molar-refractivity contribution in [2.75, 3.05) is 11.9 Å². The number of aliphatic hydroxyl groups excluding tert-OH is 1. The Morgan fingerprint density at radius 1 is 1.32 bits per heavy atom. The molecule has 0 amide bonds. The zero-order chi connectivity index (χ0) is 13.8. The molecule has 1 atom stereocenters. The van der Waals surface area contributed by atoms with Crippen molar-refractivity contribution in [2.45, 2.75) is 19.6 Å². The van der Waals surface area contributed by atoms with Crippen molar-refractivity contribution < 1.29 is 5.11 Å². The van der Waals surface area contributed by atoms with Crippen LogP contribution in [-0.4, -0.2) is 22.1 Å². The van der Waals surface area contributed by atoms with Crippen molar-refractivity contribution in [3.8, 4) is 0 Å². The van der Waals surface area contributed by atoms with Crippen LogP contribution in [0.4, 0.5) is 5.95 Å². The highest BCUT2D eigenvalue weighted by Gasteiger charge is 2.14. The summed E-state index contributed by atoms with van der Waals surface area (Å²) in [5, 5.41) is 9.69.